The van der Waals surface area contributed by atoms with Gasteiger partial charge in [-0.3, -0.25) is 4.79 Å². The zero-order valence-corrected chi connectivity index (χ0v) is 13.2. The van der Waals surface area contributed by atoms with Gasteiger partial charge in [0.2, 0.25) is 0 Å². The molecule has 0 aliphatic heterocycles. The molecule has 0 spiro atoms. The minimum Gasteiger partial charge on any atom is -0.495 e. The van der Waals surface area contributed by atoms with Crippen molar-refractivity contribution in [2.24, 2.45) is 0 Å². The molecule has 1 amide bonds. The van der Waals surface area contributed by atoms with Crippen molar-refractivity contribution in [3.63, 3.8) is 0 Å². The quantitative estimate of drug-likeness (QED) is 0.831. The molecule has 0 aliphatic rings. The van der Waals surface area contributed by atoms with Gasteiger partial charge in [-0.05, 0) is 38.5 Å². The van der Waals surface area contributed by atoms with Crippen molar-refractivity contribution >= 4 is 23.2 Å². The van der Waals surface area contributed by atoms with E-state index in [1.54, 1.807) is 32.2 Å². The van der Waals surface area contributed by atoms with E-state index in [4.69, 9.17) is 21.1 Å². The van der Waals surface area contributed by atoms with Crippen LogP contribution in [-0.2, 0) is 9.53 Å². The molecule has 1 aromatic rings. The molecule has 0 aromatic heterocycles. The Morgan fingerprint density at radius 1 is 1.40 bits per heavy atom. The fraction of sp³-hybridized carbons (Fsp3) is 0.533. The van der Waals surface area contributed by atoms with Crippen molar-refractivity contribution in [1.29, 1.82) is 0 Å². The van der Waals surface area contributed by atoms with Crippen LogP contribution < -0.4 is 10.1 Å². The first-order chi connectivity index (χ1) is 9.46. The summed E-state index contributed by atoms with van der Waals surface area (Å²) in [5.41, 5.74) is -0.196. The average molecular weight is 300 g/mol. The lowest BCUT2D eigenvalue weighted by Gasteiger charge is -2.27. The molecule has 0 saturated carbocycles. The molecule has 112 valence electrons. The van der Waals surface area contributed by atoms with Gasteiger partial charge in [0.15, 0.2) is 0 Å². The summed E-state index contributed by atoms with van der Waals surface area (Å²) in [7, 11) is 1.55. The summed E-state index contributed by atoms with van der Waals surface area (Å²) in [6.45, 7) is 6.20. The van der Waals surface area contributed by atoms with E-state index >= 15 is 0 Å². The van der Waals surface area contributed by atoms with Gasteiger partial charge in [-0.1, -0.05) is 24.9 Å². The van der Waals surface area contributed by atoms with Crippen molar-refractivity contribution < 1.29 is 14.3 Å². The van der Waals surface area contributed by atoms with E-state index in [9.17, 15) is 4.79 Å². The third-order valence-electron chi connectivity index (χ3n) is 3.08. The zero-order chi connectivity index (χ0) is 15.2. The maximum Gasteiger partial charge on any atom is 0.256 e. The van der Waals surface area contributed by atoms with Gasteiger partial charge in [0.05, 0.1) is 12.1 Å². The Morgan fingerprint density at radius 3 is 2.60 bits per heavy atom. The normalized spacial score (nSPS) is 13.7. The summed E-state index contributed by atoms with van der Waals surface area (Å²) in [5.74, 6) is 0.410. The van der Waals surface area contributed by atoms with Crippen molar-refractivity contribution in [3.8, 4) is 5.75 Å². The molecule has 1 N–H and O–H groups in total. The summed E-state index contributed by atoms with van der Waals surface area (Å²) in [6, 6.07) is 5.13. The number of hydrogen-bond donors (Lipinski definition) is 1. The number of nitrogens with one attached hydrogen (secondary N) is 1. The van der Waals surface area contributed by atoms with Gasteiger partial charge in [-0.15, -0.1) is 0 Å². The second-order valence-electron chi connectivity index (χ2n) is 4.72. The minimum absolute atomic E-state index is 0.164. The van der Waals surface area contributed by atoms with E-state index < -0.39 is 5.60 Å². The number of halogens is 1. The second kappa shape index (κ2) is 7.50. The van der Waals surface area contributed by atoms with Crippen LogP contribution in [0.15, 0.2) is 18.2 Å². The zero-order valence-electron chi connectivity index (χ0n) is 12.5. The average Bonchev–Trinajstić information content (AvgIpc) is 2.39. The number of hydrogen-bond acceptors (Lipinski definition) is 3. The Hall–Kier alpha value is -1.26. The first-order valence-corrected chi connectivity index (χ1v) is 7.13. The van der Waals surface area contributed by atoms with Crippen molar-refractivity contribution in [3.05, 3.63) is 23.2 Å². The number of benzene rings is 1. The van der Waals surface area contributed by atoms with Crippen LogP contribution in [-0.4, -0.2) is 25.2 Å². The van der Waals surface area contributed by atoms with Gasteiger partial charge < -0.3 is 14.8 Å². The Balaban J connectivity index is 2.85. The predicted octanol–water partition coefficient (Wildman–Crippen LogP) is 3.88. The molecule has 0 bridgehead atoms. The number of ether oxygens (including phenoxy) is 2. The van der Waals surface area contributed by atoms with E-state index in [0.717, 1.165) is 6.42 Å². The van der Waals surface area contributed by atoms with E-state index in [1.807, 2.05) is 13.8 Å². The molecule has 0 radical (unpaired) electrons. The topological polar surface area (TPSA) is 47.6 Å². The fourth-order valence-corrected chi connectivity index (χ4v) is 2.31. The third kappa shape index (κ3) is 4.12. The third-order valence-corrected chi connectivity index (χ3v) is 3.38. The van der Waals surface area contributed by atoms with Crippen LogP contribution in [0.2, 0.25) is 5.02 Å². The summed E-state index contributed by atoms with van der Waals surface area (Å²) < 4.78 is 10.7. The van der Waals surface area contributed by atoms with E-state index in [1.165, 1.54) is 0 Å². The maximum absolute atomic E-state index is 12.4. The van der Waals surface area contributed by atoms with Gasteiger partial charge in [-0.25, -0.2) is 0 Å². The number of carbonyl (C=O) groups excluding carboxylic acids is 1. The molecule has 20 heavy (non-hydrogen) atoms. The molecule has 0 fully saturated rings. The lowest BCUT2D eigenvalue weighted by Crippen LogP contribution is -2.42. The van der Waals surface area contributed by atoms with E-state index in [-0.39, 0.29) is 5.91 Å². The van der Waals surface area contributed by atoms with Crippen molar-refractivity contribution in [2.75, 3.05) is 19.0 Å². The lowest BCUT2D eigenvalue weighted by molar-refractivity contribution is -0.139. The minimum atomic E-state index is -0.824. The van der Waals surface area contributed by atoms with Gasteiger partial charge in [0, 0.05) is 12.3 Å². The van der Waals surface area contributed by atoms with Crippen molar-refractivity contribution in [2.45, 2.75) is 39.2 Å². The molecule has 1 atom stereocenters. The van der Waals surface area contributed by atoms with Crippen LogP contribution in [0.3, 0.4) is 0 Å². The SMILES string of the molecule is CCC[C@@](C)(OCC)C(=O)Nc1ccc(OC)c(Cl)c1. The van der Waals surface area contributed by atoms with Crippen LogP contribution in [0, 0.1) is 0 Å². The number of methoxy groups -OCH3 is 1. The Kier molecular flexibility index (Phi) is 6.30. The Morgan fingerprint density at radius 2 is 2.10 bits per heavy atom. The Labute approximate surface area is 125 Å². The molecule has 0 unspecified atom stereocenters. The highest BCUT2D eigenvalue weighted by Gasteiger charge is 2.32. The summed E-state index contributed by atoms with van der Waals surface area (Å²) >= 11 is 6.04. The molecule has 0 aliphatic carbocycles. The molecule has 4 nitrogen and oxygen atoms in total. The van der Waals surface area contributed by atoms with E-state index in [0.29, 0.717) is 29.5 Å². The van der Waals surface area contributed by atoms with Gasteiger partial charge in [0.1, 0.15) is 11.4 Å². The number of rotatable bonds is 7. The van der Waals surface area contributed by atoms with Crippen LogP contribution in [0.4, 0.5) is 5.69 Å². The van der Waals surface area contributed by atoms with Crippen LogP contribution in [0.5, 0.6) is 5.75 Å². The fourth-order valence-electron chi connectivity index (χ4n) is 2.05. The highest BCUT2D eigenvalue weighted by atomic mass is 35.5. The highest BCUT2D eigenvalue weighted by Crippen LogP contribution is 2.28. The largest absolute Gasteiger partial charge is 0.495 e. The van der Waals surface area contributed by atoms with Gasteiger partial charge in [0.25, 0.3) is 5.91 Å². The number of amides is 1. The van der Waals surface area contributed by atoms with Crippen LogP contribution >= 0.6 is 11.6 Å². The Bertz CT molecular complexity index is 456. The van der Waals surface area contributed by atoms with E-state index in [2.05, 4.69) is 5.32 Å². The van der Waals surface area contributed by atoms with Gasteiger partial charge >= 0.3 is 0 Å². The molecule has 1 rings (SSSR count). The maximum atomic E-state index is 12.4. The van der Waals surface area contributed by atoms with Crippen molar-refractivity contribution in [1.82, 2.24) is 0 Å². The molecular weight excluding hydrogens is 278 g/mol. The second-order valence-corrected chi connectivity index (χ2v) is 5.12. The first-order valence-electron chi connectivity index (χ1n) is 6.75. The highest BCUT2D eigenvalue weighted by molar-refractivity contribution is 6.32. The predicted molar refractivity (Wildman–Crippen MR) is 81.6 cm³/mol. The molecule has 1 aromatic carbocycles. The lowest BCUT2D eigenvalue weighted by atomic mass is 9.99. The molecular formula is C15H22ClNO3. The number of carbonyl (C=O) groups is 1. The van der Waals surface area contributed by atoms with Gasteiger partial charge in [-0.2, -0.15) is 0 Å². The van der Waals surface area contributed by atoms with Crippen LogP contribution in [0.1, 0.15) is 33.6 Å². The molecule has 0 saturated heterocycles. The summed E-state index contributed by atoms with van der Waals surface area (Å²) in [4.78, 5) is 12.4. The van der Waals surface area contributed by atoms with Crippen LogP contribution in [0.25, 0.3) is 0 Å². The summed E-state index contributed by atoms with van der Waals surface area (Å²) in [6.07, 6.45) is 1.53. The molecule has 0 heterocycles. The monoisotopic (exact) mass is 299 g/mol. The standard InChI is InChI=1S/C15H22ClNO3/c1-5-9-15(3,20-6-2)14(18)17-11-7-8-13(19-4)12(16)10-11/h7-8,10H,5-6,9H2,1-4H3,(H,17,18)/t15-/m1/s1. The first kappa shape index (κ1) is 16.8. The summed E-state index contributed by atoms with van der Waals surface area (Å²) in [5, 5.41) is 3.30. The number of anilines is 1. The smallest absolute Gasteiger partial charge is 0.256 e. The molecule has 5 heteroatoms.